The van der Waals surface area contributed by atoms with Crippen molar-refractivity contribution in [3.63, 3.8) is 0 Å². The number of para-hydroxylation sites is 8. The lowest BCUT2D eigenvalue weighted by Gasteiger charge is -2.48. The summed E-state index contributed by atoms with van der Waals surface area (Å²) in [5.41, 5.74) is 34.4. The van der Waals surface area contributed by atoms with Crippen LogP contribution in [-0.2, 0) is 32.5 Å². The van der Waals surface area contributed by atoms with Crippen molar-refractivity contribution in [2.45, 2.75) is 157 Å². The molecule has 4 aliphatic heterocycles. The smallest absolute Gasteiger partial charge is 0.252 e. The summed E-state index contributed by atoms with van der Waals surface area (Å²) in [4.78, 5) is 5.57. The van der Waals surface area contributed by atoms with Gasteiger partial charge in [-0.1, -0.05) is 294 Å². The number of ether oxygens (including phenoxy) is 2. The maximum absolute atomic E-state index is 7.76. The molecule has 0 spiro atoms. The van der Waals surface area contributed by atoms with Crippen molar-refractivity contribution in [2.75, 3.05) is 9.80 Å². The number of fused-ring (bicyclic) bond motifs is 25. The molecule has 4 aliphatic rings. The first kappa shape index (κ1) is 75.2. The summed E-state index contributed by atoms with van der Waals surface area (Å²) in [6.07, 6.45) is 0. The molecule has 122 heavy (non-hydrogen) atoms. The Kier molecular flexibility index (Phi) is 16.2. The van der Waals surface area contributed by atoms with Crippen molar-refractivity contribution in [3.8, 4) is 84.6 Å². The van der Waals surface area contributed by atoms with Crippen molar-refractivity contribution in [1.29, 1.82) is 0 Å². The van der Waals surface area contributed by atoms with Gasteiger partial charge in [-0.05, 0) is 204 Å². The van der Waals surface area contributed by atoms with Crippen LogP contribution >= 0.6 is 0 Å². The Bertz CT molecular complexity index is 6960. The summed E-state index contributed by atoms with van der Waals surface area (Å²) in [6.45, 7) is 42.0. The molecule has 0 unspecified atom stereocenters. The summed E-state index contributed by atoms with van der Waals surface area (Å²) in [5, 5.41) is 7.28. The van der Waals surface area contributed by atoms with Gasteiger partial charge in [-0.3, -0.25) is 0 Å². The van der Waals surface area contributed by atoms with Crippen LogP contribution in [0.15, 0.2) is 291 Å². The van der Waals surface area contributed by atoms with Gasteiger partial charge in [-0.25, -0.2) is 0 Å². The van der Waals surface area contributed by atoms with Gasteiger partial charge in [0, 0.05) is 111 Å². The van der Waals surface area contributed by atoms with Gasteiger partial charge >= 0.3 is 0 Å². The highest BCUT2D eigenvalue weighted by Gasteiger charge is 2.50. The van der Waals surface area contributed by atoms with Gasteiger partial charge in [-0.2, -0.15) is 0 Å². The van der Waals surface area contributed by atoms with Crippen molar-refractivity contribution < 1.29 is 9.47 Å². The lowest BCUT2D eigenvalue weighted by Crippen LogP contribution is -2.62. The number of aromatic nitrogens is 3. The average molecular weight is 1580 g/mol. The zero-order valence-corrected chi connectivity index (χ0v) is 73.3. The van der Waals surface area contributed by atoms with E-state index >= 15 is 0 Å². The fourth-order valence-electron chi connectivity index (χ4n) is 20.7. The quantitative estimate of drug-likeness (QED) is 0.165. The van der Waals surface area contributed by atoms with E-state index in [0.717, 1.165) is 163 Å². The predicted molar refractivity (Wildman–Crippen MR) is 518 cm³/mol. The molecule has 0 radical (unpaired) electrons. The standard InChI is InChI=1S/C114H102BN5O2/c1-109(2,3)67-49-53-94-82(57-67)83-58-68(110(4,5)6)50-54-95(83)116(94)71-61-86-78-37-23-29-47-102(78)121-100-45-27-21-35-76(100)80-39-31-41-88(113(13,14)15)105(80)119-98-65-73(118-92-43-25-19-33-74(92)75-34-20-26-44-93(75)118)66-99-104(98)115(90(63-71)107(86)119)91-64-72(117-96-55-51-69(111(7,8)9)59-84(96)85-60-70(112(10,11)12)52-56-97(85)117)62-87-79-38-24-30-48-103(79)122-101-46-28-22-36-77(101)81-40-32-42-89(114(16,17)18)106(81)120(99)108(87)91/h19-66H,1-18H3. The summed E-state index contributed by atoms with van der Waals surface area (Å²) >= 11 is 0. The van der Waals surface area contributed by atoms with E-state index in [1.807, 2.05) is 0 Å². The lowest BCUT2D eigenvalue weighted by atomic mass is 9.33. The minimum Gasteiger partial charge on any atom is -0.456 e. The highest BCUT2D eigenvalue weighted by atomic mass is 16.5. The van der Waals surface area contributed by atoms with Gasteiger partial charge < -0.3 is 33.0 Å². The third-order valence-electron chi connectivity index (χ3n) is 26.8. The van der Waals surface area contributed by atoms with Crippen LogP contribution in [0.25, 0.3) is 127 Å². The zero-order chi connectivity index (χ0) is 84.1. The predicted octanol–water partition coefficient (Wildman–Crippen LogP) is 29.7. The van der Waals surface area contributed by atoms with Crippen molar-refractivity contribution in [1.82, 2.24) is 13.7 Å². The molecule has 598 valence electrons. The van der Waals surface area contributed by atoms with E-state index in [1.54, 1.807) is 0 Å². The van der Waals surface area contributed by atoms with Crippen LogP contribution < -0.4 is 35.7 Å². The second-order valence-electron chi connectivity index (χ2n) is 40.9. The molecule has 15 aromatic carbocycles. The first-order valence-electron chi connectivity index (χ1n) is 43.7. The Morgan fingerprint density at radius 1 is 0.221 bits per heavy atom. The fourth-order valence-corrected chi connectivity index (χ4v) is 20.7. The van der Waals surface area contributed by atoms with Crippen molar-refractivity contribution in [2.24, 2.45) is 0 Å². The molecule has 8 heteroatoms. The molecule has 0 saturated heterocycles. The van der Waals surface area contributed by atoms with Crippen LogP contribution in [0.5, 0.6) is 23.0 Å². The summed E-state index contributed by atoms with van der Waals surface area (Å²) in [5.74, 6) is 3.09. The molecule has 3 aromatic heterocycles. The summed E-state index contributed by atoms with van der Waals surface area (Å²) in [7, 11) is 0. The number of nitrogens with zero attached hydrogens (tertiary/aromatic N) is 5. The van der Waals surface area contributed by atoms with Gasteiger partial charge in [0.2, 0.25) is 0 Å². The Labute approximate surface area is 717 Å². The van der Waals surface area contributed by atoms with Gasteiger partial charge in [0.1, 0.15) is 23.0 Å². The first-order valence-corrected chi connectivity index (χ1v) is 43.7. The minimum atomic E-state index is -0.509. The highest BCUT2D eigenvalue weighted by Crippen LogP contribution is 2.60. The zero-order valence-electron chi connectivity index (χ0n) is 73.3. The van der Waals surface area contributed by atoms with Gasteiger partial charge in [0.05, 0.1) is 50.2 Å². The van der Waals surface area contributed by atoms with E-state index in [1.165, 1.54) is 71.2 Å². The van der Waals surface area contributed by atoms with Crippen LogP contribution in [0, 0.1) is 0 Å². The van der Waals surface area contributed by atoms with Crippen molar-refractivity contribution >= 4 is 123 Å². The molecule has 18 aromatic rings. The van der Waals surface area contributed by atoms with Gasteiger partial charge in [-0.15, -0.1) is 0 Å². The molecule has 0 N–H and O–H groups in total. The monoisotopic (exact) mass is 1580 g/mol. The maximum atomic E-state index is 7.76. The van der Waals surface area contributed by atoms with E-state index in [-0.39, 0.29) is 21.7 Å². The topological polar surface area (TPSA) is 39.7 Å². The normalized spacial score (nSPS) is 13.7. The van der Waals surface area contributed by atoms with Crippen LogP contribution in [-0.4, -0.2) is 20.4 Å². The molecule has 7 heterocycles. The Morgan fingerprint density at radius 2 is 0.500 bits per heavy atom. The Morgan fingerprint density at radius 3 is 0.820 bits per heavy atom. The number of hydrogen-bond donors (Lipinski definition) is 0. The lowest BCUT2D eigenvalue weighted by molar-refractivity contribution is 0.486. The molecule has 0 atom stereocenters. The first-order chi connectivity index (χ1) is 58.3. The van der Waals surface area contributed by atoms with Crippen LogP contribution in [0.3, 0.4) is 0 Å². The maximum Gasteiger partial charge on any atom is 0.252 e. The third kappa shape index (κ3) is 11.4. The minimum absolute atomic E-state index is 0.124. The molecular formula is C114H102BN5O2. The molecule has 0 bridgehead atoms. The van der Waals surface area contributed by atoms with Gasteiger partial charge in [0.25, 0.3) is 6.71 Å². The number of rotatable bonds is 3. The second kappa shape index (κ2) is 26.2. The van der Waals surface area contributed by atoms with E-state index in [4.69, 9.17) is 9.47 Å². The van der Waals surface area contributed by atoms with Crippen LogP contribution in [0.1, 0.15) is 158 Å². The molecule has 0 saturated carbocycles. The molecule has 7 nitrogen and oxygen atoms in total. The van der Waals surface area contributed by atoms with E-state index in [2.05, 4.69) is 439 Å². The second-order valence-corrected chi connectivity index (χ2v) is 40.9. The Hall–Kier alpha value is -13.0. The molecule has 0 aliphatic carbocycles. The number of anilines is 6. The van der Waals surface area contributed by atoms with Crippen LogP contribution in [0.2, 0.25) is 0 Å². The molecule has 0 amide bonds. The van der Waals surface area contributed by atoms with Crippen molar-refractivity contribution in [3.05, 3.63) is 325 Å². The number of hydrogen-bond acceptors (Lipinski definition) is 4. The van der Waals surface area contributed by atoms with E-state index < -0.39 is 17.5 Å². The third-order valence-corrected chi connectivity index (χ3v) is 26.8. The van der Waals surface area contributed by atoms with Crippen LogP contribution in [0.4, 0.5) is 34.1 Å². The summed E-state index contributed by atoms with van der Waals surface area (Å²) in [6, 6.07) is 112. The largest absolute Gasteiger partial charge is 0.456 e. The van der Waals surface area contributed by atoms with Gasteiger partial charge in [0.15, 0.2) is 0 Å². The molecule has 0 fully saturated rings. The van der Waals surface area contributed by atoms with E-state index in [0.29, 0.717) is 0 Å². The molecule has 22 rings (SSSR count). The molecular weight excluding hydrogens is 1480 g/mol. The summed E-state index contributed by atoms with van der Waals surface area (Å²) < 4.78 is 23.3. The van der Waals surface area contributed by atoms with E-state index in [9.17, 15) is 0 Å². The average Bonchev–Trinajstić information content (AvgIpc) is 1.39. The number of benzene rings is 15. The highest BCUT2D eigenvalue weighted by molar-refractivity contribution is 7.00. The fraction of sp³-hybridized carbons (Fsp3) is 0.211. The SMILES string of the molecule is CC(C)(C)c1ccc2c(c1)c1cc(C(C)(C)C)ccc1n2-c1cc2c3c(c1)-c1ccccc1Oc1ccccc1-c1cccc(C(C)(C)C)c1N3c1cc(-n3c4ccccc4c4ccccc43)cc3c1B2c1cc(-n2c4ccc(C(C)(C)C)cc4c4cc(C(C)(C)C)ccc42)cc2c1N3c1c(cccc1C(C)(C)C)-c1ccccc1Oc1ccccc1-2. The Balaban J connectivity index is 1.01.